The summed E-state index contributed by atoms with van der Waals surface area (Å²) < 4.78 is 5.97. The van der Waals surface area contributed by atoms with Crippen LogP contribution in [0.5, 0.6) is 0 Å². The number of amides is 1. The molecule has 0 saturated carbocycles. The molecule has 2 aromatic rings. The summed E-state index contributed by atoms with van der Waals surface area (Å²) in [5.74, 6) is 0.00783. The summed E-state index contributed by atoms with van der Waals surface area (Å²) in [5, 5.41) is 23.2. The van der Waals surface area contributed by atoms with Crippen molar-refractivity contribution in [2.75, 3.05) is 37.7 Å². The van der Waals surface area contributed by atoms with Crippen molar-refractivity contribution in [2.45, 2.75) is 50.5 Å². The van der Waals surface area contributed by atoms with Crippen LogP contribution in [0.4, 0.5) is 5.82 Å². The van der Waals surface area contributed by atoms with Gasteiger partial charge in [-0.3, -0.25) is 4.79 Å². The molecule has 36 heavy (non-hydrogen) atoms. The van der Waals surface area contributed by atoms with Crippen LogP contribution in [0.15, 0.2) is 35.4 Å². The first-order valence-electron chi connectivity index (χ1n) is 12.1. The van der Waals surface area contributed by atoms with Crippen LogP contribution < -0.4 is 16.0 Å². The molecular weight excluding hydrogens is 472 g/mol. The molecule has 1 aliphatic rings. The summed E-state index contributed by atoms with van der Waals surface area (Å²) in [4.78, 5) is 19.2. The van der Waals surface area contributed by atoms with Crippen molar-refractivity contribution in [3.63, 3.8) is 0 Å². The van der Waals surface area contributed by atoms with Crippen LogP contribution >= 0.6 is 11.8 Å². The van der Waals surface area contributed by atoms with E-state index in [1.54, 1.807) is 0 Å². The number of benzene rings is 1. The van der Waals surface area contributed by atoms with Gasteiger partial charge in [-0.1, -0.05) is 69.8 Å². The van der Waals surface area contributed by atoms with Crippen molar-refractivity contribution >= 4 is 23.5 Å². The van der Waals surface area contributed by atoms with E-state index in [0.29, 0.717) is 60.2 Å². The molecule has 190 valence electrons. The Morgan fingerprint density at radius 3 is 2.56 bits per heavy atom. The maximum absolute atomic E-state index is 12.4. The number of carbonyl (C=O) groups is 1. The Labute approximate surface area is 217 Å². The predicted octanol–water partition coefficient (Wildman–Crippen LogP) is 3.55. The minimum atomic E-state index is -0.713. The number of thioether (sulfide) groups is 1. The lowest BCUT2D eigenvalue weighted by atomic mass is 9.97. The molecule has 9 heteroatoms. The summed E-state index contributed by atoms with van der Waals surface area (Å²) in [6.07, 6.45) is 0.427. The first-order valence-corrected chi connectivity index (χ1v) is 13.0. The summed E-state index contributed by atoms with van der Waals surface area (Å²) in [6.45, 7) is 11.6. The Morgan fingerprint density at radius 1 is 1.28 bits per heavy atom. The third-order valence-electron chi connectivity index (χ3n) is 5.88. The molecule has 1 aliphatic heterocycles. The Balaban J connectivity index is 1.97. The number of nitriles is 2. The third-order valence-corrected chi connectivity index (χ3v) is 7.14. The lowest BCUT2D eigenvalue weighted by Crippen LogP contribution is -2.48. The quantitative estimate of drug-likeness (QED) is 0.494. The van der Waals surface area contributed by atoms with Gasteiger partial charge in [0, 0.05) is 26.2 Å². The molecule has 2 atom stereocenters. The number of primary amides is 1. The van der Waals surface area contributed by atoms with Gasteiger partial charge in [-0.15, -0.1) is 0 Å². The van der Waals surface area contributed by atoms with Gasteiger partial charge in [0.25, 0.3) is 0 Å². The molecular formula is C27H34N6O2S. The van der Waals surface area contributed by atoms with Gasteiger partial charge >= 0.3 is 0 Å². The number of aromatic nitrogens is 1. The van der Waals surface area contributed by atoms with Crippen LogP contribution in [0.3, 0.4) is 0 Å². The molecule has 1 aromatic heterocycles. The molecule has 0 radical (unpaired) electrons. The zero-order valence-electron chi connectivity index (χ0n) is 21.4. The standard InChI is InChI=1S/C27H34N6O2S/c1-5-20-21(13-28)25(33-11-12-35-19(16-33)15-31-17-27(2,3)4)32-26(22(20)14-29)36-23(24(30)34)18-9-7-6-8-10-18/h6-10,19,23,31H,5,11-12,15-17H2,1-4H3,(H2,30,34). The van der Waals surface area contributed by atoms with E-state index in [0.717, 1.165) is 23.9 Å². The largest absolute Gasteiger partial charge is 0.373 e. The van der Waals surface area contributed by atoms with E-state index in [1.165, 1.54) is 0 Å². The monoisotopic (exact) mass is 506 g/mol. The number of carbonyl (C=O) groups excluding carboxylic acids is 1. The van der Waals surface area contributed by atoms with Gasteiger partial charge in [-0.05, 0) is 23.0 Å². The molecule has 1 amide bonds. The molecule has 0 aliphatic carbocycles. The van der Waals surface area contributed by atoms with Crippen LogP contribution in [0, 0.1) is 28.1 Å². The Kier molecular flexibility index (Phi) is 9.33. The van der Waals surface area contributed by atoms with E-state index in [-0.39, 0.29) is 11.5 Å². The molecule has 1 fully saturated rings. The van der Waals surface area contributed by atoms with Crippen molar-refractivity contribution < 1.29 is 9.53 Å². The number of pyridine rings is 1. The van der Waals surface area contributed by atoms with Crippen LogP contribution in [-0.2, 0) is 16.0 Å². The van der Waals surface area contributed by atoms with Crippen LogP contribution in [0.1, 0.15) is 55.2 Å². The van der Waals surface area contributed by atoms with Gasteiger partial charge in [0.05, 0.1) is 23.8 Å². The highest BCUT2D eigenvalue weighted by Gasteiger charge is 2.29. The molecule has 0 spiro atoms. The first-order chi connectivity index (χ1) is 17.2. The second kappa shape index (κ2) is 12.2. The number of ether oxygens (including phenoxy) is 1. The highest BCUT2D eigenvalue weighted by molar-refractivity contribution is 8.00. The lowest BCUT2D eigenvalue weighted by Gasteiger charge is -2.35. The number of morpholine rings is 1. The van der Waals surface area contributed by atoms with Gasteiger partial charge in [0.15, 0.2) is 0 Å². The maximum atomic E-state index is 12.4. The van der Waals surface area contributed by atoms with Crippen molar-refractivity contribution in [3.8, 4) is 12.1 Å². The van der Waals surface area contributed by atoms with Crippen molar-refractivity contribution in [1.82, 2.24) is 10.3 Å². The highest BCUT2D eigenvalue weighted by atomic mass is 32.2. The van der Waals surface area contributed by atoms with Gasteiger partial charge in [-0.25, -0.2) is 4.98 Å². The van der Waals surface area contributed by atoms with E-state index >= 15 is 0 Å². The van der Waals surface area contributed by atoms with E-state index in [2.05, 4.69) is 43.1 Å². The number of hydrogen-bond donors (Lipinski definition) is 2. The summed E-state index contributed by atoms with van der Waals surface area (Å²) in [7, 11) is 0. The SMILES string of the molecule is CCc1c(C#N)c(SC(C(N)=O)c2ccccc2)nc(N2CCOC(CNCC(C)(C)C)C2)c1C#N. The molecule has 2 heterocycles. The predicted molar refractivity (Wildman–Crippen MR) is 142 cm³/mol. The number of nitrogens with one attached hydrogen (secondary N) is 1. The van der Waals surface area contributed by atoms with Crippen molar-refractivity contribution in [1.29, 1.82) is 10.5 Å². The van der Waals surface area contributed by atoms with E-state index in [4.69, 9.17) is 15.5 Å². The minimum Gasteiger partial charge on any atom is -0.373 e. The average Bonchev–Trinajstić information content (AvgIpc) is 2.85. The Morgan fingerprint density at radius 2 is 1.97 bits per heavy atom. The summed E-state index contributed by atoms with van der Waals surface area (Å²) in [6, 6.07) is 13.7. The first kappa shape index (κ1) is 27.5. The summed E-state index contributed by atoms with van der Waals surface area (Å²) >= 11 is 1.16. The summed E-state index contributed by atoms with van der Waals surface area (Å²) in [5.41, 5.74) is 8.01. The Bertz CT molecular complexity index is 1150. The average molecular weight is 507 g/mol. The number of nitrogens with two attached hydrogens (primary N) is 1. The normalized spacial score (nSPS) is 16.7. The molecule has 3 N–H and O–H groups in total. The molecule has 0 bridgehead atoms. The van der Waals surface area contributed by atoms with Crippen molar-refractivity contribution in [2.24, 2.45) is 11.1 Å². The maximum Gasteiger partial charge on any atom is 0.235 e. The molecule has 2 unspecified atom stereocenters. The zero-order chi connectivity index (χ0) is 26.3. The molecule has 8 nitrogen and oxygen atoms in total. The molecule has 1 aromatic carbocycles. The van der Waals surface area contributed by atoms with Gasteiger partial charge in [0.1, 0.15) is 28.2 Å². The van der Waals surface area contributed by atoms with E-state index in [1.807, 2.05) is 37.3 Å². The second-order valence-corrected chi connectivity index (χ2v) is 11.1. The lowest BCUT2D eigenvalue weighted by molar-refractivity contribution is -0.117. The highest BCUT2D eigenvalue weighted by Crippen LogP contribution is 2.39. The van der Waals surface area contributed by atoms with E-state index < -0.39 is 11.2 Å². The van der Waals surface area contributed by atoms with Crippen LogP contribution in [0.25, 0.3) is 0 Å². The van der Waals surface area contributed by atoms with E-state index in [9.17, 15) is 15.3 Å². The van der Waals surface area contributed by atoms with Gasteiger partial charge in [-0.2, -0.15) is 10.5 Å². The Hall–Kier alpha value is -3.11. The second-order valence-electron chi connectivity index (χ2n) is 9.99. The third kappa shape index (κ3) is 6.76. The minimum absolute atomic E-state index is 0.0612. The smallest absolute Gasteiger partial charge is 0.235 e. The number of hydrogen-bond acceptors (Lipinski definition) is 8. The zero-order valence-corrected chi connectivity index (χ0v) is 22.2. The number of anilines is 1. The van der Waals surface area contributed by atoms with Gasteiger partial charge in [0.2, 0.25) is 5.91 Å². The fraction of sp³-hybridized carbons (Fsp3) is 0.481. The number of rotatable bonds is 9. The fourth-order valence-corrected chi connectivity index (χ4v) is 5.23. The molecule has 3 rings (SSSR count). The van der Waals surface area contributed by atoms with Gasteiger partial charge < -0.3 is 20.7 Å². The van der Waals surface area contributed by atoms with Crippen LogP contribution in [0.2, 0.25) is 0 Å². The molecule has 1 saturated heterocycles. The van der Waals surface area contributed by atoms with Crippen molar-refractivity contribution in [3.05, 3.63) is 52.6 Å². The topological polar surface area (TPSA) is 128 Å². The van der Waals surface area contributed by atoms with Crippen LogP contribution in [-0.4, -0.2) is 49.8 Å². The number of nitrogens with zero attached hydrogens (tertiary/aromatic N) is 4. The fourth-order valence-electron chi connectivity index (χ4n) is 4.17.